The minimum Gasteiger partial charge on any atom is -0.497 e. The summed E-state index contributed by atoms with van der Waals surface area (Å²) in [5, 5.41) is 12.4. The fourth-order valence-corrected chi connectivity index (χ4v) is 4.46. The van der Waals surface area contributed by atoms with E-state index in [0.717, 1.165) is 41.4 Å². The fourth-order valence-electron chi connectivity index (χ4n) is 3.68. The summed E-state index contributed by atoms with van der Waals surface area (Å²) >= 11 is 1.30. The van der Waals surface area contributed by atoms with Crippen LogP contribution in [0.25, 0.3) is 5.69 Å². The van der Waals surface area contributed by atoms with Crippen LogP contribution < -0.4 is 4.74 Å². The summed E-state index contributed by atoms with van der Waals surface area (Å²) in [6.45, 7) is 4.67. The Morgan fingerprint density at radius 1 is 1.09 bits per heavy atom. The number of carbonyl (C=O) groups is 1. The molecular weight excluding hydrogens is 441 g/mol. The fraction of sp³-hybridized carbons (Fsp3) is 0.250. The largest absolute Gasteiger partial charge is 0.497 e. The second kappa shape index (κ2) is 9.99. The lowest BCUT2D eigenvalue weighted by molar-refractivity contribution is 0.102. The van der Waals surface area contributed by atoms with Gasteiger partial charge in [0, 0.05) is 23.5 Å². The molecule has 0 radical (unpaired) electrons. The minimum absolute atomic E-state index is 0.0189. The smallest absolute Gasteiger partial charge is 0.214 e. The van der Waals surface area contributed by atoms with E-state index in [2.05, 4.69) is 20.1 Å². The zero-order valence-electron chi connectivity index (χ0n) is 18.7. The number of carbonyl (C=O) groups excluding carboxylic acids is 1. The number of aromatic nitrogens is 5. The second-order valence-electron chi connectivity index (χ2n) is 7.60. The highest BCUT2D eigenvalue weighted by Crippen LogP contribution is 2.23. The van der Waals surface area contributed by atoms with E-state index in [4.69, 9.17) is 4.74 Å². The third-order valence-corrected chi connectivity index (χ3v) is 6.42. The number of ketones is 1. The van der Waals surface area contributed by atoms with Crippen molar-refractivity contribution in [1.82, 2.24) is 24.8 Å². The molecule has 2 aromatic heterocycles. The minimum atomic E-state index is -0.240. The molecule has 0 saturated carbocycles. The molecule has 0 amide bonds. The molecule has 0 bridgehead atoms. The maximum Gasteiger partial charge on any atom is 0.214 e. The van der Waals surface area contributed by atoms with Gasteiger partial charge in [0.2, 0.25) is 5.16 Å². The SMILES string of the molecule is COc1ccc(-n2nnnc2SCC(=O)c2cc(C)n(CCc3ccc(F)cc3)c2C)cc1. The Kier molecular flexibility index (Phi) is 6.88. The van der Waals surface area contributed by atoms with Crippen LogP contribution in [0.5, 0.6) is 5.75 Å². The van der Waals surface area contributed by atoms with Gasteiger partial charge in [-0.2, -0.15) is 4.68 Å². The van der Waals surface area contributed by atoms with Crippen molar-refractivity contribution in [3.05, 3.63) is 82.9 Å². The zero-order chi connectivity index (χ0) is 23.4. The third kappa shape index (κ3) is 5.14. The third-order valence-electron chi connectivity index (χ3n) is 5.50. The van der Waals surface area contributed by atoms with Crippen molar-refractivity contribution in [2.45, 2.75) is 32.0 Å². The van der Waals surface area contributed by atoms with E-state index in [1.807, 2.05) is 44.2 Å². The van der Waals surface area contributed by atoms with Gasteiger partial charge >= 0.3 is 0 Å². The average molecular weight is 466 g/mol. The van der Waals surface area contributed by atoms with Gasteiger partial charge in [-0.05, 0) is 78.7 Å². The number of halogens is 1. The number of rotatable bonds is 9. The summed E-state index contributed by atoms with van der Waals surface area (Å²) < 4.78 is 22.0. The van der Waals surface area contributed by atoms with Crippen molar-refractivity contribution in [3.63, 3.8) is 0 Å². The molecule has 0 fully saturated rings. The van der Waals surface area contributed by atoms with Crippen LogP contribution in [0.3, 0.4) is 0 Å². The Morgan fingerprint density at radius 3 is 2.52 bits per heavy atom. The van der Waals surface area contributed by atoms with Gasteiger partial charge in [-0.15, -0.1) is 5.10 Å². The lowest BCUT2D eigenvalue weighted by Crippen LogP contribution is -2.09. The summed E-state index contributed by atoms with van der Waals surface area (Å²) in [7, 11) is 1.61. The van der Waals surface area contributed by atoms with Crippen molar-refractivity contribution in [2.24, 2.45) is 0 Å². The van der Waals surface area contributed by atoms with E-state index >= 15 is 0 Å². The Bertz CT molecular complexity index is 1250. The van der Waals surface area contributed by atoms with E-state index in [9.17, 15) is 9.18 Å². The molecule has 0 aliphatic carbocycles. The first-order valence-corrected chi connectivity index (χ1v) is 11.4. The maximum atomic E-state index is 13.1. The topological polar surface area (TPSA) is 74.8 Å². The standard InChI is InChI=1S/C24H24FN5O2S/c1-16-14-22(17(2)29(16)13-12-18-4-6-19(25)7-5-18)23(31)15-33-24-26-27-28-30(24)20-8-10-21(32-3)11-9-20/h4-11,14H,12-13,15H2,1-3H3. The molecule has 4 rings (SSSR count). The van der Waals surface area contributed by atoms with Crippen molar-refractivity contribution < 1.29 is 13.9 Å². The van der Waals surface area contributed by atoms with Crippen molar-refractivity contribution >= 4 is 17.5 Å². The van der Waals surface area contributed by atoms with Crippen molar-refractivity contribution in [1.29, 1.82) is 0 Å². The normalized spacial score (nSPS) is 11.0. The average Bonchev–Trinajstić information content (AvgIpc) is 3.41. The van der Waals surface area contributed by atoms with Gasteiger partial charge in [-0.3, -0.25) is 4.79 Å². The summed E-state index contributed by atoms with van der Waals surface area (Å²) in [5.41, 5.74) is 4.48. The number of tetrazole rings is 1. The first-order chi connectivity index (χ1) is 16.0. The van der Waals surface area contributed by atoms with Crippen LogP contribution in [0.4, 0.5) is 4.39 Å². The predicted octanol–water partition coefficient (Wildman–Crippen LogP) is 4.45. The van der Waals surface area contributed by atoms with Crippen molar-refractivity contribution in [2.75, 3.05) is 12.9 Å². The number of Topliss-reactive ketones (excluding diaryl/α,β-unsaturated/α-hetero) is 1. The molecule has 4 aromatic rings. The molecule has 0 aliphatic rings. The van der Waals surface area contributed by atoms with Crippen LogP contribution in [-0.4, -0.2) is 43.4 Å². The van der Waals surface area contributed by atoms with Crippen molar-refractivity contribution in [3.8, 4) is 11.4 Å². The number of methoxy groups -OCH3 is 1. The highest BCUT2D eigenvalue weighted by Gasteiger charge is 2.18. The van der Waals surface area contributed by atoms with E-state index in [0.29, 0.717) is 10.7 Å². The molecule has 33 heavy (non-hydrogen) atoms. The molecule has 0 spiro atoms. The summed E-state index contributed by atoms with van der Waals surface area (Å²) in [6, 6.07) is 15.8. The molecule has 170 valence electrons. The quantitative estimate of drug-likeness (QED) is 0.269. The van der Waals surface area contributed by atoms with Crippen LogP contribution in [0.1, 0.15) is 27.3 Å². The number of hydrogen-bond acceptors (Lipinski definition) is 6. The Balaban J connectivity index is 1.43. The van der Waals surface area contributed by atoms with Crippen LogP contribution in [0.2, 0.25) is 0 Å². The first kappa shape index (κ1) is 22.7. The first-order valence-electron chi connectivity index (χ1n) is 10.5. The van der Waals surface area contributed by atoms with E-state index in [1.54, 1.807) is 23.9 Å². The summed E-state index contributed by atoms with van der Waals surface area (Å²) in [5.74, 6) is 0.741. The molecule has 2 aromatic carbocycles. The monoisotopic (exact) mass is 465 g/mol. The molecule has 0 N–H and O–H groups in total. The predicted molar refractivity (Wildman–Crippen MR) is 125 cm³/mol. The van der Waals surface area contributed by atoms with Gasteiger partial charge in [0.25, 0.3) is 0 Å². The van der Waals surface area contributed by atoms with E-state index in [-0.39, 0.29) is 17.4 Å². The zero-order valence-corrected chi connectivity index (χ0v) is 19.5. The van der Waals surface area contributed by atoms with Gasteiger partial charge in [0.1, 0.15) is 11.6 Å². The number of nitrogens with zero attached hydrogens (tertiary/aromatic N) is 5. The number of hydrogen-bond donors (Lipinski definition) is 0. The van der Waals surface area contributed by atoms with E-state index < -0.39 is 0 Å². The molecule has 9 heteroatoms. The van der Waals surface area contributed by atoms with Gasteiger partial charge in [-0.1, -0.05) is 23.9 Å². The summed E-state index contributed by atoms with van der Waals surface area (Å²) in [4.78, 5) is 13.0. The summed E-state index contributed by atoms with van der Waals surface area (Å²) in [6.07, 6.45) is 0.760. The lowest BCUT2D eigenvalue weighted by atomic mass is 10.1. The molecule has 0 saturated heterocycles. The van der Waals surface area contributed by atoms with Crippen LogP contribution in [0, 0.1) is 19.7 Å². The van der Waals surface area contributed by atoms with E-state index in [1.165, 1.54) is 23.9 Å². The lowest BCUT2D eigenvalue weighted by Gasteiger charge is -2.10. The van der Waals surface area contributed by atoms with Crippen LogP contribution >= 0.6 is 11.8 Å². The molecule has 7 nitrogen and oxygen atoms in total. The van der Waals surface area contributed by atoms with Gasteiger partial charge in [0.15, 0.2) is 5.78 Å². The highest BCUT2D eigenvalue weighted by atomic mass is 32.2. The Morgan fingerprint density at radius 2 is 1.82 bits per heavy atom. The second-order valence-corrected chi connectivity index (χ2v) is 8.54. The maximum absolute atomic E-state index is 13.1. The number of ether oxygens (including phenoxy) is 1. The van der Waals surface area contributed by atoms with Crippen LogP contribution in [-0.2, 0) is 13.0 Å². The van der Waals surface area contributed by atoms with Gasteiger partial charge < -0.3 is 9.30 Å². The van der Waals surface area contributed by atoms with Crippen LogP contribution in [0.15, 0.2) is 59.8 Å². The van der Waals surface area contributed by atoms with Gasteiger partial charge in [-0.25, -0.2) is 4.39 Å². The number of thioether (sulfide) groups is 1. The molecule has 2 heterocycles. The molecule has 0 atom stereocenters. The molecule has 0 aliphatic heterocycles. The Labute approximate surface area is 195 Å². The van der Waals surface area contributed by atoms with Gasteiger partial charge in [0.05, 0.1) is 18.6 Å². The number of aryl methyl sites for hydroxylation is 2. The molecule has 0 unspecified atom stereocenters. The molecular formula is C24H24FN5O2S. The highest BCUT2D eigenvalue weighted by molar-refractivity contribution is 7.99. The number of benzene rings is 2. The Hall–Kier alpha value is -3.46.